The van der Waals surface area contributed by atoms with Gasteiger partial charge in [-0.3, -0.25) is 9.59 Å². The lowest BCUT2D eigenvalue weighted by Crippen LogP contribution is -2.50. The molecule has 3 aromatic rings. The molecule has 1 aliphatic heterocycles. The maximum Gasteiger partial charge on any atom is 0.254 e. The van der Waals surface area contributed by atoms with Crippen molar-refractivity contribution in [1.82, 2.24) is 14.8 Å². The fraction of sp³-hybridized carbons (Fsp3) is 0.429. The van der Waals surface area contributed by atoms with Crippen LogP contribution in [0, 0.1) is 0 Å². The monoisotopic (exact) mass is 459 g/mol. The van der Waals surface area contributed by atoms with Crippen LogP contribution in [0.4, 0.5) is 0 Å². The van der Waals surface area contributed by atoms with E-state index < -0.39 is 12.0 Å². The molecule has 2 aromatic carbocycles. The molecule has 0 radical (unpaired) electrons. The highest BCUT2D eigenvalue weighted by molar-refractivity contribution is 6.02. The van der Waals surface area contributed by atoms with Crippen LogP contribution in [0.2, 0.25) is 0 Å². The summed E-state index contributed by atoms with van der Waals surface area (Å²) < 4.78 is 7.46. The molecule has 2 heterocycles. The third-order valence-electron chi connectivity index (χ3n) is 7.46. The minimum Gasteiger partial charge on any atom is -0.383 e. The Kier molecular flexibility index (Phi) is 6.42. The number of carbonyl (C=O) groups excluding carboxylic acids is 2. The summed E-state index contributed by atoms with van der Waals surface area (Å²) in [5.74, 6) is -0.530. The van der Waals surface area contributed by atoms with Crippen molar-refractivity contribution in [2.24, 2.45) is 7.05 Å². The van der Waals surface area contributed by atoms with Crippen molar-refractivity contribution in [3.05, 3.63) is 71.4 Å². The molecule has 0 spiro atoms. The van der Waals surface area contributed by atoms with Crippen molar-refractivity contribution in [2.45, 2.75) is 50.1 Å². The average Bonchev–Trinajstić information content (AvgIpc) is 3.20. The minimum atomic E-state index is -0.488. The van der Waals surface area contributed by atoms with Gasteiger partial charge in [0.15, 0.2) is 0 Å². The highest BCUT2D eigenvalue weighted by atomic mass is 16.5. The number of benzene rings is 2. The first-order chi connectivity index (χ1) is 16.6. The van der Waals surface area contributed by atoms with Gasteiger partial charge in [0.05, 0.1) is 18.6 Å². The van der Waals surface area contributed by atoms with E-state index in [-0.39, 0.29) is 17.9 Å². The zero-order chi connectivity index (χ0) is 23.7. The van der Waals surface area contributed by atoms with Crippen LogP contribution >= 0.6 is 0 Å². The van der Waals surface area contributed by atoms with Crippen LogP contribution in [-0.2, 0) is 16.6 Å². The van der Waals surface area contributed by atoms with Gasteiger partial charge in [0, 0.05) is 55.0 Å². The standard InChI is InChI=1S/C28H33N3O3/c1-30-18-23(20-12-8-9-15-24(20)30)26-25(27(32)29-19-10-4-3-5-11-19)21-13-6-7-14-22(21)28(33)31(26)16-17-34-2/h6-9,12-15,18-19,25-26H,3-5,10-11,16-17H2,1-2H3,(H,29,32). The van der Waals surface area contributed by atoms with Crippen LogP contribution in [0.15, 0.2) is 54.7 Å². The van der Waals surface area contributed by atoms with E-state index in [1.54, 1.807) is 7.11 Å². The molecule has 1 fully saturated rings. The first-order valence-electron chi connectivity index (χ1n) is 12.3. The van der Waals surface area contributed by atoms with Crippen LogP contribution in [0.3, 0.4) is 0 Å². The molecule has 6 nitrogen and oxygen atoms in total. The van der Waals surface area contributed by atoms with Gasteiger partial charge in [-0.1, -0.05) is 55.7 Å². The number of ether oxygens (including phenoxy) is 1. The van der Waals surface area contributed by atoms with Crippen molar-refractivity contribution < 1.29 is 14.3 Å². The van der Waals surface area contributed by atoms with Gasteiger partial charge in [0.2, 0.25) is 5.91 Å². The second-order valence-corrected chi connectivity index (χ2v) is 9.56. The molecular formula is C28H33N3O3. The number of aromatic nitrogens is 1. The summed E-state index contributed by atoms with van der Waals surface area (Å²) in [6.45, 7) is 0.830. The molecule has 1 aliphatic carbocycles. The van der Waals surface area contributed by atoms with E-state index in [0.717, 1.165) is 47.7 Å². The van der Waals surface area contributed by atoms with Crippen LogP contribution in [0.1, 0.15) is 65.5 Å². The number of carbonyl (C=O) groups is 2. The summed E-state index contributed by atoms with van der Waals surface area (Å²) in [5, 5.41) is 4.43. The third kappa shape index (κ3) is 4.00. The zero-order valence-corrected chi connectivity index (χ0v) is 20.0. The lowest BCUT2D eigenvalue weighted by atomic mass is 9.78. The second-order valence-electron chi connectivity index (χ2n) is 9.56. The number of nitrogens with zero attached hydrogens (tertiary/aromatic N) is 2. The van der Waals surface area contributed by atoms with Gasteiger partial charge in [0.25, 0.3) is 5.91 Å². The Balaban J connectivity index is 1.65. The normalized spacial score (nSPS) is 21.0. The molecule has 1 N–H and O–H groups in total. The maximum atomic E-state index is 14.0. The van der Waals surface area contributed by atoms with E-state index in [0.29, 0.717) is 18.7 Å². The van der Waals surface area contributed by atoms with Gasteiger partial charge >= 0.3 is 0 Å². The van der Waals surface area contributed by atoms with Gasteiger partial charge in [-0.15, -0.1) is 0 Å². The molecule has 2 unspecified atom stereocenters. The Morgan fingerprint density at radius 3 is 2.56 bits per heavy atom. The Bertz CT molecular complexity index is 1190. The van der Waals surface area contributed by atoms with E-state index >= 15 is 0 Å². The fourth-order valence-corrected chi connectivity index (χ4v) is 5.80. The SMILES string of the molecule is COCCN1C(=O)c2ccccc2C(C(=O)NC2CCCCC2)C1c1cn(C)c2ccccc12. The molecule has 2 aliphatic rings. The van der Waals surface area contributed by atoms with Crippen LogP contribution < -0.4 is 5.32 Å². The van der Waals surface area contributed by atoms with E-state index in [2.05, 4.69) is 28.2 Å². The number of rotatable bonds is 6. The highest BCUT2D eigenvalue weighted by Crippen LogP contribution is 2.45. The molecule has 6 heteroatoms. The number of methoxy groups -OCH3 is 1. The summed E-state index contributed by atoms with van der Waals surface area (Å²) >= 11 is 0. The minimum absolute atomic E-state index is 0.00667. The van der Waals surface area contributed by atoms with E-state index in [1.165, 1.54) is 6.42 Å². The Hall–Kier alpha value is -3.12. The van der Waals surface area contributed by atoms with Crippen LogP contribution in [0.25, 0.3) is 10.9 Å². The van der Waals surface area contributed by atoms with E-state index in [4.69, 9.17) is 4.74 Å². The molecule has 0 bridgehead atoms. The topological polar surface area (TPSA) is 63.6 Å². The number of hydrogen-bond acceptors (Lipinski definition) is 3. The Labute approximate surface area is 200 Å². The average molecular weight is 460 g/mol. The van der Waals surface area contributed by atoms with E-state index in [1.807, 2.05) is 48.3 Å². The molecule has 2 amide bonds. The molecule has 34 heavy (non-hydrogen) atoms. The zero-order valence-electron chi connectivity index (χ0n) is 20.0. The number of fused-ring (bicyclic) bond motifs is 2. The molecule has 178 valence electrons. The predicted molar refractivity (Wildman–Crippen MR) is 133 cm³/mol. The first-order valence-corrected chi connectivity index (χ1v) is 12.3. The largest absolute Gasteiger partial charge is 0.383 e. The molecular weight excluding hydrogens is 426 g/mol. The molecule has 1 saturated carbocycles. The van der Waals surface area contributed by atoms with Crippen LogP contribution in [0.5, 0.6) is 0 Å². The summed E-state index contributed by atoms with van der Waals surface area (Å²) in [4.78, 5) is 29.6. The van der Waals surface area contributed by atoms with Crippen molar-refractivity contribution in [2.75, 3.05) is 20.3 Å². The predicted octanol–water partition coefficient (Wildman–Crippen LogP) is 4.55. The van der Waals surface area contributed by atoms with Crippen molar-refractivity contribution in [3.8, 4) is 0 Å². The van der Waals surface area contributed by atoms with Crippen molar-refractivity contribution in [3.63, 3.8) is 0 Å². The van der Waals surface area contributed by atoms with Gasteiger partial charge < -0.3 is 19.5 Å². The molecule has 2 atom stereocenters. The summed E-state index contributed by atoms with van der Waals surface area (Å²) in [5.41, 5.74) is 3.51. The number of hydrogen-bond donors (Lipinski definition) is 1. The smallest absolute Gasteiger partial charge is 0.254 e. The Morgan fingerprint density at radius 2 is 1.76 bits per heavy atom. The van der Waals surface area contributed by atoms with Gasteiger partial charge in [0.1, 0.15) is 0 Å². The number of para-hydroxylation sites is 1. The quantitative estimate of drug-likeness (QED) is 0.588. The number of aryl methyl sites for hydroxylation is 1. The first kappa shape index (κ1) is 22.7. The third-order valence-corrected chi connectivity index (χ3v) is 7.46. The number of nitrogens with one attached hydrogen (secondary N) is 1. The van der Waals surface area contributed by atoms with Crippen molar-refractivity contribution in [1.29, 1.82) is 0 Å². The fourth-order valence-electron chi connectivity index (χ4n) is 5.80. The van der Waals surface area contributed by atoms with Gasteiger partial charge in [-0.2, -0.15) is 0 Å². The number of amides is 2. The highest BCUT2D eigenvalue weighted by Gasteiger charge is 2.45. The lowest BCUT2D eigenvalue weighted by molar-refractivity contribution is -0.125. The van der Waals surface area contributed by atoms with Crippen molar-refractivity contribution >= 4 is 22.7 Å². The summed E-state index contributed by atoms with van der Waals surface area (Å²) in [6, 6.07) is 15.6. The van der Waals surface area contributed by atoms with Gasteiger partial charge in [-0.05, 0) is 30.5 Å². The van der Waals surface area contributed by atoms with Crippen LogP contribution in [-0.4, -0.2) is 47.6 Å². The summed E-state index contributed by atoms with van der Waals surface area (Å²) in [6.07, 6.45) is 7.65. The molecule has 5 rings (SSSR count). The second kappa shape index (κ2) is 9.63. The van der Waals surface area contributed by atoms with Gasteiger partial charge in [-0.25, -0.2) is 0 Å². The Morgan fingerprint density at radius 1 is 1.03 bits per heavy atom. The lowest BCUT2D eigenvalue weighted by Gasteiger charge is -2.42. The summed E-state index contributed by atoms with van der Waals surface area (Å²) in [7, 11) is 3.66. The molecule has 1 aromatic heterocycles. The maximum absolute atomic E-state index is 14.0. The molecule has 0 saturated heterocycles. The van der Waals surface area contributed by atoms with E-state index in [9.17, 15) is 9.59 Å².